The van der Waals surface area contributed by atoms with Crippen LogP contribution in [0.1, 0.15) is 0 Å². The Labute approximate surface area is 59.3 Å². The minimum Gasteiger partial charge on any atom is -0.432 e. The van der Waals surface area contributed by atoms with E-state index >= 15 is 0 Å². The number of nitrogens with two attached hydrogens (primary N) is 1. The molecule has 1 heterocycles. The summed E-state index contributed by atoms with van der Waals surface area (Å²) in [5.41, 5.74) is 4.50. The summed E-state index contributed by atoms with van der Waals surface area (Å²) in [6, 6.07) is 0. The highest BCUT2D eigenvalue weighted by Gasteiger charge is 1.98. The number of hydrogen-bond acceptors (Lipinski definition) is 2. The highest BCUT2D eigenvalue weighted by molar-refractivity contribution is 7.44. The van der Waals surface area contributed by atoms with E-state index in [-0.39, 0.29) is 9.28 Å². The molecule has 0 aliphatic carbocycles. The minimum atomic E-state index is 0.244. The molecule has 0 unspecified atom stereocenters. The minimum absolute atomic E-state index is 0.244. The van der Waals surface area contributed by atoms with Gasteiger partial charge in [-0.1, -0.05) is 0 Å². The van der Waals surface area contributed by atoms with Gasteiger partial charge in [0, 0.05) is 23.8 Å². The van der Waals surface area contributed by atoms with Gasteiger partial charge in [0.15, 0.2) is 0 Å². The first-order chi connectivity index (χ1) is 4.00. The average Bonchev–Trinajstić information content (AvgIpc) is 1.96. The van der Waals surface area contributed by atoms with Gasteiger partial charge < -0.3 is 10.2 Å². The van der Waals surface area contributed by atoms with Gasteiger partial charge in [-0.05, 0) is 15.6 Å². The zero-order chi connectivity index (χ0) is 6.24. The lowest BCUT2D eigenvalue weighted by molar-refractivity contribution is 0.421. The summed E-state index contributed by atoms with van der Waals surface area (Å²) in [6.45, 7) is 0. The second-order valence-electron chi connectivity index (χ2n) is 1.67. The molecule has 0 aromatic heterocycles. The van der Waals surface area contributed by atoms with E-state index in [1.54, 1.807) is 0 Å². The van der Waals surface area contributed by atoms with Crippen LogP contribution in [0.25, 0.3) is 0 Å². The van der Waals surface area contributed by atoms with Crippen molar-refractivity contribution in [1.82, 2.24) is 0 Å². The second-order valence-corrected chi connectivity index (χ2v) is 25.3. The van der Waals surface area contributed by atoms with Gasteiger partial charge >= 0.3 is 0 Å². The second kappa shape index (κ2) is 7.79. The Morgan fingerprint density at radius 1 is 1.38 bits per heavy atom. The van der Waals surface area contributed by atoms with Gasteiger partial charge in [0.05, 0.1) is 0 Å². The van der Waals surface area contributed by atoms with Crippen LogP contribution in [-0.4, -0.2) is 48.7 Å². The smallest absolute Gasteiger partial charge is 0.139 e. The summed E-state index contributed by atoms with van der Waals surface area (Å²) in [5, 5.41) is 0. The van der Waals surface area contributed by atoms with Crippen molar-refractivity contribution in [1.29, 1.82) is 0 Å². The molecule has 0 spiro atoms. The first-order valence-electron chi connectivity index (χ1n) is 3.15. The highest BCUT2D eigenvalue weighted by atomic mass is 29.7. The van der Waals surface area contributed by atoms with Crippen molar-refractivity contribution >= 4 is 35.4 Å². The summed E-state index contributed by atoms with van der Waals surface area (Å²) in [7, 11) is 3.61. The molecule has 2 nitrogen and oxygen atoms in total. The average molecular weight is 181 g/mol. The first-order valence-corrected chi connectivity index (χ1v) is 16.7. The zero-order valence-electron chi connectivity index (χ0n) is 5.52. The Hall–Kier alpha value is 0.788. The molecule has 0 bridgehead atoms. The van der Waals surface area contributed by atoms with Crippen molar-refractivity contribution in [2.45, 2.75) is 0 Å². The Balaban J connectivity index is 0.000000222. The third kappa shape index (κ3) is 4.93. The van der Waals surface area contributed by atoms with Crippen molar-refractivity contribution in [2.24, 2.45) is 5.73 Å². The predicted octanol–water partition coefficient (Wildman–Crippen LogP) is -4.12. The van der Waals surface area contributed by atoms with Crippen molar-refractivity contribution in [3.05, 3.63) is 0 Å². The molecule has 1 aliphatic rings. The molecule has 1 rings (SSSR count). The normalized spacial score (nSPS) is 30.8. The summed E-state index contributed by atoms with van der Waals surface area (Å²) in [6.07, 6.45) is 1.30. The van der Waals surface area contributed by atoms with Crippen molar-refractivity contribution in [3.63, 3.8) is 0 Å². The third-order valence-electron chi connectivity index (χ3n) is 1.08. The maximum atomic E-state index is 5.37. The van der Waals surface area contributed by atoms with Crippen LogP contribution >= 0.6 is 0 Å². The molecule has 6 heteroatoms. The molecule has 1 aliphatic heterocycles. The van der Waals surface area contributed by atoms with E-state index < -0.39 is 0 Å². The van der Waals surface area contributed by atoms with Crippen molar-refractivity contribution < 1.29 is 4.43 Å². The van der Waals surface area contributed by atoms with E-state index in [1.165, 1.54) is 13.3 Å². The molecule has 0 aromatic rings. The van der Waals surface area contributed by atoms with Crippen LogP contribution in [0.3, 0.4) is 0 Å². The van der Waals surface area contributed by atoms with Crippen LogP contribution in [0.4, 0.5) is 0 Å². The van der Waals surface area contributed by atoms with E-state index in [1.807, 2.05) is 0 Å². The van der Waals surface area contributed by atoms with E-state index in [0.717, 1.165) is 8.55 Å². The topological polar surface area (TPSA) is 35.2 Å². The lowest BCUT2D eigenvalue weighted by Gasteiger charge is -2.05. The molecule has 1 saturated heterocycles. The van der Waals surface area contributed by atoms with E-state index in [0.29, 0.717) is 17.6 Å². The fourth-order valence-electron chi connectivity index (χ4n) is 0.687. The molecule has 1 fully saturated rings. The quantitative estimate of drug-likeness (QED) is 0.386. The summed E-state index contributed by atoms with van der Waals surface area (Å²) in [5.74, 6) is 0. The van der Waals surface area contributed by atoms with Gasteiger partial charge in [0.1, 0.15) is 9.28 Å². The van der Waals surface area contributed by atoms with E-state index in [4.69, 9.17) is 4.43 Å². The molecule has 8 heavy (non-hydrogen) atoms. The maximum Gasteiger partial charge on any atom is 0.139 e. The lowest BCUT2D eigenvalue weighted by Crippen LogP contribution is -2.31. The summed E-state index contributed by atoms with van der Waals surface area (Å²) in [4.78, 5) is 0. The van der Waals surface area contributed by atoms with Crippen LogP contribution < -0.4 is 5.73 Å². The van der Waals surface area contributed by atoms with Gasteiger partial charge in [-0.3, -0.25) is 0 Å². The summed E-state index contributed by atoms with van der Waals surface area (Å²) >= 11 is 0. The standard InChI is InChI=1S/CH5N.CH10OSi4/c1-2;1-2-4-6-5-3-1/h2H2,1H3;1,3-6H2. The molecule has 2 N–H and O–H groups in total. The molecule has 50 valence electrons. The Morgan fingerprint density at radius 2 is 2.12 bits per heavy atom. The lowest BCUT2D eigenvalue weighted by atomic mass is 11.6. The Bertz CT molecular complexity index is 29.5. The highest BCUT2D eigenvalue weighted by Crippen LogP contribution is 1.72. The summed E-state index contributed by atoms with van der Waals surface area (Å²) < 4.78 is 5.37. The predicted molar refractivity (Wildman–Crippen MR) is 50.2 cm³/mol. The van der Waals surface area contributed by atoms with Gasteiger partial charge in [0.25, 0.3) is 0 Å². The monoisotopic (exact) mass is 181 g/mol. The molecular formula is C2H15NOSi4. The third-order valence-corrected chi connectivity index (χ3v) is 34.8. The van der Waals surface area contributed by atoms with Gasteiger partial charge in [-0.2, -0.15) is 0 Å². The van der Waals surface area contributed by atoms with Crippen molar-refractivity contribution in [3.8, 4) is 0 Å². The first kappa shape index (κ1) is 8.79. The zero-order valence-corrected chi connectivity index (χ0v) is 11.2. The molecule has 0 saturated carbocycles. The molecule has 0 amide bonds. The number of hydrogen-bond donors (Lipinski definition) is 1. The molecule has 0 radical (unpaired) electrons. The van der Waals surface area contributed by atoms with Gasteiger partial charge in [-0.25, -0.2) is 0 Å². The van der Waals surface area contributed by atoms with Gasteiger partial charge in [-0.15, -0.1) is 0 Å². The van der Waals surface area contributed by atoms with Crippen LogP contribution in [-0.2, 0) is 4.43 Å². The maximum absolute atomic E-state index is 5.37. The molecule has 0 aromatic carbocycles. The fraction of sp³-hybridized carbons (Fsp3) is 1.00. The van der Waals surface area contributed by atoms with Crippen LogP contribution in [0.5, 0.6) is 0 Å². The van der Waals surface area contributed by atoms with Crippen LogP contribution in [0, 0.1) is 0 Å². The van der Waals surface area contributed by atoms with Crippen LogP contribution in [0.2, 0.25) is 0 Å². The van der Waals surface area contributed by atoms with E-state index in [2.05, 4.69) is 5.73 Å². The fourth-order valence-corrected chi connectivity index (χ4v) is 33.6. The van der Waals surface area contributed by atoms with Crippen LogP contribution in [0.15, 0.2) is 0 Å². The van der Waals surface area contributed by atoms with Gasteiger partial charge in [0.2, 0.25) is 0 Å². The Morgan fingerprint density at radius 3 is 2.25 bits per heavy atom. The van der Waals surface area contributed by atoms with E-state index in [9.17, 15) is 0 Å². The van der Waals surface area contributed by atoms with Crippen molar-refractivity contribution in [2.75, 3.05) is 13.3 Å². The largest absolute Gasteiger partial charge is 0.432 e. The molecular weight excluding hydrogens is 166 g/mol. The molecule has 0 atom stereocenters. The number of rotatable bonds is 0. The Kier molecular flexibility index (Phi) is 8.55. The SMILES string of the molecule is C1O[SiH2][SiH2][SiH2][SiH2]1.CN.